The summed E-state index contributed by atoms with van der Waals surface area (Å²) in [5.41, 5.74) is 5.95. The molecule has 1 aliphatic rings. The van der Waals surface area contributed by atoms with Gasteiger partial charge in [-0.05, 0) is 62.2 Å². The molecule has 0 saturated carbocycles. The number of rotatable bonds is 5. The molecule has 1 fully saturated rings. The number of carboxylic acid groups (broad SMARTS) is 1. The Labute approximate surface area is 208 Å². The summed E-state index contributed by atoms with van der Waals surface area (Å²) in [5, 5.41) is 19.6. The number of aromatic nitrogens is 4. The first-order chi connectivity index (χ1) is 17.5. The Morgan fingerprint density at radius 1 is 1.00 bits per heavy atom. The van der Waals surface area contributed by atoms with Crippen molar-refractivity contribution in [1.29, 1.82) is 0 Å². The van der Waals surface area contributed by atoms with Crippen LogP contribution in [0, 0.1) is 6.92 Å². The molecule has 1 atom stereocenters. The molecule has 0 amide bonds. The second-order valence-electron chi connectivity index (χ2n) is 9.60. The Morgan fingerprint density at radius 3 is 2.67 bits per heavy atom. The molecule has 6 rings (SSSR count). The fraction of sp³-hybridized carbons (Fsp3) is 0.286. The maximum Gasteiger partial charge on any atom is 0.358 e. The molecule has 36 heavy (non-hydrogen) atoms. The zero-order valence-electron chi connectivity index (χ0n) is 20.4. The number of aryl methyl sites for hydroxylation is 1. The summed E-state index contributed by atoms with van der Waals surface area (Å²) in [6, 6.07) is 21.0. The van der Waals surface area contributed by atoms with Crippen molar-refractivity contribution >= 4 is 39.0 Å². The standard InChI is InChI=1S/C28H28N6O2/c1-18-9-10-22-23(29-18)6-4-7-24(22)33-16-15-32(19(2)17-33)14-13-20-5-3-8-25-21(20)11-12-26-27(28(35)36)30-31-34(25)26/h3-12,19H,13-17H2,1-2H3,(H,35,36)/t19-/m1/s1. The van der Waals surface area contributed by atoms with Gasteiger partial charge in [-0.1, -0.05) is 29.5 Å². The van der Waals surface area contributed by atoms with Crippen LogP contribution in [-0.4, -0.2) is 68.0 Å². The number of aromatic carboxylic acids is 1. The molecular weight excluding hydrogens is 452 g/mol. The van der Waals surface area contributed by atoms with Crippen molar-refractivity contribution in [3.63, 3.8) is 0 Å². The number of hydrogen-bond acceptors (Lipinski definition) is 6. The lowest BCUT2D eigenvalue weighted by Gasteiger charge is -2.41. The van der Waals surface area contributed by atoms with Crippen molar-refractivity contribution in [2.45, 2.75) is 26.3 Å². The van der Waals surface area contributed by atoms with Crippen LogP contribution in [0.3, 0.4) is 0 Å². The fourth-order valence-electron chi connectivity index (χ4n) is 5.45. The van der Waals surface area contributed by atoms with Crippen LogP contribution in [-0.2, 0) is 6.42 Å². The van der Waals surface area contributed by atoms with Gasteiger partial charge in [0.1, 0.15) is 5.52 Å². The van der Waals surface area contributed by atoms with Gasteiger partial charge in [-0.3, -0.25) is 9.88 Å². The number of carboxylic acids is 1. The summed E-state index contributed by atoms with van der Waals surface area (Å²) in [6.45, 7) is 8.24. The second kappa shape index (κ2) is 8.87. The van der Waals surface area contributed by atoms with Gasteiger partial charge >= 0.3 is 5.97 Å². The third-order valence-corrected chi connectivity index (χ3v) is 7.34. The molecule has 2 aromatic carbocycles. The molecular formula is C28H28N6O2. The van der Waals surface area contributed by atoms with Crippen molar-refractivity contribution in [3.05, 3.63) is 77.6 Å². The first kappa shape index (κ1) is 22.4. The third-order valence-electron chi connectivity index (χ3n) is 7.34. The summed E-state index contributed by atoms with van der Waals surface area (Å²) in [6.07, 6.45) is 0.908. The van der Waals surface area contributed by atoms with E-state index in [0.717, 1.165) is 54.7 Å². The fourth-order valence-corrected chi connectivity index (χ4v) is 5.45. The number of benzene rings is 2. The van der Waals surface area contributed by atoms with Crippen LogP contribution in [0.2, 0.25) is 0 Å². The molecule has 3 aromatic heterocycles. The Hall–Kier alpha value is -4.04. The van der Waals surface area contributed by atoms with E-state index >= 15 is 0 Å². The minimum Gasteiger partial charge on any atom is -0.476 e. The van der Waals surface area contributed by atoms with Crippen LogP contribution in [0.1, 0.15) is 28.7 Å². The van der Waals surface area contributed by atoms with E-state index in [9.17, 15) is 9.90 Å². The Kier molecular flexibility index (Phi) is 5.53. The SMILES string of the molecule is Cc1ccc2c(N3CCN(CCc4cccc5c4ccc4c(C(=O)O)nnn45)[C@H](C)C3)cccc2n1. The number of anilines is 1. The lowest BCUT2D eigenvalue weighted by atomic mass is 10.0. The van der Waals surface area contributed by atoms with E-state index in [0.29, 0.717) is 11.6 Å². The zero-order valence-corrected chi connectivity index (χ0v) is 20.4. The van der Waals surface area contributed by atoms with E-state index < -0.39 is 5.97 Å². The molecule has 0 aliphatic carbocycles. The van der Waals surface area contributed by atoms with Gasteiger partial charge in [-0.2, -0.15) is 0 Å². The number of hydrogen-bond donors (Lipinski definition) is 1. The van der Waals surface area contributed by atoms with E-state index in [1.165, 1.54) is 16.6 Å². The quantitative estimate of drug-likeness (QED) is 0.404. The predicted molar refractivity (Wildman–Crippen MR) is 141 cm³/mol. The molecule has 0 bridgehead atoms. The van der Waals surface area contributed by atoms with Gasteiger partial charge in [0.25, 0.3) is 0 Å². The van der Waals surface area contributed by atoms with Gasteiger partial charge in [-0.15, -0.1) is 5.10 Å². The van der Waals surface area contributed by atoms with Crippen molar-refractivity contribution in [2.24, 2.45) is 0 Å². The first-order valence-corrected chi connectivity index (χ1v) is 12.3. The van der Waals surface area contributed by atoms with Crippen LogP contribution in [0.4, 0.5) is 5.69 Å². The Morgan fingerprint density at radius 2 is 1.83 bits per heavy atom. The molecule has 1 saturated heterocycles. The van der Waals surface area contributed by atoms with E-state index in [4.69, 9.17) is 4.98 Å². The number of nitrogens with zero attached hydrogens (tertiary/aromatic N) is 6. The average Bonchev–Trinajstić information content (AvgIpc) is 3.32. The molecule has 5 aromatic rings. The number of fused-ring (bicyclic) bond motifs is 4. The molecule has 0 spiro atoms. The van der Waals surface area contributed by atoms with Crippen LogP contribution < -0.4 is 4.90 Å². The maximum absolute atomic E-state index is 11.5. The largest absolute Gasteiger partial charge is 0.476 e. The molecule has 8 nitrogen and oxygen atoms in total. The van der Waals surface area contributed by atoms with Crippen molar-refractivity contribution in [3.8, 4) is 0 Å². The summed E-state index contributed by atoms with van der Waals surface area (Å²) < 4.78 is 1.63. The number of pyridine rings is 2. The van der Waals surface area contributed by atoms with Crippen molar-refractivity contribution in [2.75, 3.05) is 31.1 Å². The lowest BCUT2D eigenvalue weighted by molar-refractivity contribution is 0.0692. The van der Waals surface area contributed by atoms with Crippen molar-refractivity contribution < 1.29 is 9.90 Å². The third kappa shape index (κ3) is 3.83. The minimum atomic E-state index is -1.07. The molecule has 0 radical (unpaired) electrons. The molecule has 1 N–H and O–H groups in total. The number of carbonyl (C=O) groups is 1. The second-order valence-corrected chi connectivity index (χ2v) is 9.60. The highest BCUT2D eigenvalue weighted by Gasteiger charge is 2.25. The molecule has 4 heterocycles. The van der Waals surface area contributed by atoms with E-state index in [2.05, 4.69) is 63.4 Å². The number of piperazine rings is 1. The average molecular weight is 481 g/mol. The van der Waals surface area contributed by atoms with Crippen LogP contribution in [0.5, 0.6) is 0 Å². The normalized spacial score (nSPS) is 16.8. The van der Waals surface area contributed by atoms with Crippen LogP contribution in [0.25, 0.3) is 27.3 Å². The van der Waals surface area contributed by atoms with Gasteiger partial charge in [-0.25, -0.2) is 9.31 Å². The molecule has 182 valence electrons. The first-order valence-electron chi connectivity index (χ1n) is 12.3. The molecule has 0 unspecified atom stereocenters. The van der Waals surface area contributed by atoms with E-state index in [-0.39, 0.29) is 5.69 Å². The highest BCUT2D eigenvalue weighted by Crippen LogP contribution is 2.28. The summed E-state index contributed by atoms with van der Waals surface area (Å²) >= 11 is 0. The van der Waals surface area contributed by atoms with Gasteiger partial charge in [0.05, 0.1) is 11.0 Å². The molecule has 8 heteroatoms. The molecule has 1 aliphatic heterocycles. The van der Waals surface area contributed by atoms with Crippen molar-refractivity contribution in [1.82, 2.24) is 24.7 Å². The minimum absolute atomic E-state index is 0.0221. The van der Waals surface area contributed by atoms with Crippen LogP contribution in [0.15, 0.2) is 60.7 Å². The van der Waals surface area contributed by atoms with E-state index in [1.54, 1.807) is 10.6 Å². The maximum atomic E-state index is 11.5. The smallest absolute Gasteiger partial charge is 0.358 e. The Balaban J connectivity index is 1.19. The summed E-state index contributed by atoms with van der Waals surface area (Å²) in [5.74, 6) is -1.07. The highest BCUT2D eigenvalue weighted by molar-refractivity contribution is 5.96. The predicted octanol–water partition coefficient (Wildman–Crippen LogP) is 4.19. The zero-order chi connectivity index (χ0) is 24.8. The summed E-state index contributed by atoms with van der Waals surface area (Å²) in [4.78, 5) is 21.2. The lowest BCUT2D eigenvalue weighted by Crippen LogP contribution is -2.52. The monoisotopic (exact) mass is 480 g/mol. The van der Waals surface area contributed by atoms with Crippen LogP contribution >= 0.6 is 0 Å². The van der Waals surface area contributed by atoms with Gasteiger partial charge in [0.2, 0.25) is 0 Å². The summed E-state index contributed by atoms with van der Waals surface area (Å²) in [7, 11) is 0. The van der Waals surface area contributed by atoms with Gasteiger partial charge < -0.3 is 10.0 Å². The van der Waals surface area contributed by atoms with E-state index in [1.807, 2.05) is 25.1 Å². The highest BCUT2D eigenvalue weighted by atomic mass is 16.4. The van der Waals surface area contributed by atoms with Gasteiger partial charge in [0.15, 0.2) is 5.69 Å². The Bertz CT molecular complexity index is 1610. The van der Waals surface area contributed by atoms with Gasteiger partial charge in [0, 0.05) is 54.4 Å². The topological polar surface area (TPSA) is 86.9 Å².